The van der Waals surface area contributed by atoms with E-state index in [4.69, 9.17) is 4.74 Å². The van der Waals surface area contributed by atoms with Crippen LogP contribution in [-0.2, 0) is 11.3 Å². The van der Waals surface area contributed by atoms with Gasteiger partial charge in [-0.25, -0.2) is 4.39 Å². The molecule has 2 heterocycles. The van der Waals surface area contributed by atoms with Gasteiger partial charge in [0.15, 0.2) is 0 Å². The Morgan fingerprint density at radius 3 is 2.68 bits per heavy atom. The number of aromatic nitrogens is 2. The molecule has 0 radical (unpaired) electrons. The molecule has 1 aliphatic rings. The van der Waals surface area contributed by atoms with Gasteiger partial charge in [-0.15, -0.1) is 5.10 Å². The van der Waals surface area contributed by atoms with Gasteiger partial charge in [0.1, 0.15) is 10.7 Å². The minimum Gasteiger partial charge on any atom is -0.379 e. The molecule has 0 N–H and O–H groups in total. The van der Waals surface area contributed by atoms with E-state index >= 15 is 0 Å². The van der Waals surface area contributed by atoms with Crippen LogP contribution in [0.25, 0.3) is 0 Å². The van der Waals surface area contributed by atoms with Crippen LogP contribution < -0.4 is 0 Å². The van der Waals surface area contributed by atoms with Crippen molar-refractivity contribution >= 4 is 17.4 Å². The molecule has 1 fully saturated rings. The summed E-state index contributed by atoms with van der Waals surface area (Å²) in [5.41, 5.74) is 1.54. The van der Waals surface area contributed by atoms with E-state index in [0.29, 0.717) is 23.7 Å². The molecular weight excluding hydrogens is 343 g/mol. The van der Waals surface area contributed by atoms with Crippen molar-refractivity contribution in [1.82, 2.24) is 19.4 Å². The van der Waals surface area contributed by atoms with Gasteiger partial charge in [0.2, 0.25) is 0 Å². The van der Waals surface area contributed by atoms with Crippen molar-refractivity contribution < 1.29 is 13.9 Å². The summed E-state index contributed by atoms with van der Waals surface area (Å²) in [6.07, 6.45) is 0. The highest BCUT2D eigenvalue weighted by molar-refractivity contribution is 7.07. The molecule has 2 aromatic rings. The summed E-state index contributed by atoms with van der Waals surface area (Å²) in [6, 6.07) is 6.25. The highest BCUT2D eigenvalue weighted by atomic mass is 32.1. The minimum atomic E-state index is -0.280. The predicted molar refractivity (Wildman–Crippen MR) is 93.0 cm³/mol. The lowest BCUT2D eigenvalue weighted by molar-refractivity contribution is 0.0321. The SMILES string of the molecule is Cc1nnsc1C(=O)N(CCN1CCOCC1)Cc1ccc(F)cc1. The predicted octanol–water partition coefficient (Wildman–Crippen LogP) is 1.96. The Bertz CT molecular complexity index is 701. The van der Waals surface area contributed by atoms with Crippen LogP contribution in [0.4, 0.5) is 4.39 Å². The third-order valence-electron chi connectivity index (χ3n) is 4.21. The fourth-order valence-electron chi connectivity index (χ4n) is 2.72. The van der Waals surface area contributed by atoms with E-state index in [2.05, 4.69) is 14.5 Å². The number of rotatable bonds is 6. The molecular formula is C17H21FN4O2S. The fraction of sp³-hybridized carbons (Fsp3) is 0.471. The summed E-state index contributed by atoms with van der Waals surface area (Å²) in [7, 11) is 0. The number of hydrogen-bond acceptors (Lipinski definition) is 6. The topological polar surface area (TPSA) is 58.6 Å². The maximum absolute atomic E-state index is 13.1. The number of hydrogen-bond donors (Lipinski definition) is 0. The van der Waals surface area contributed by atoms with E-state index in [-0.39, 0.29) is 11.7 Å². The highest BCUT2D eigenvalue weighted by Crippen LogP contribution is 2.16. The van der Waals surface area contributed by atoms with Gasteiger partial charge in [0.25, 0.3) is 5.91 Å². The van der Waals surface area contributed by atoms with Gasteiger partial charge in [-0.3, -0.25) is 9.69 Å². The number of halogens is 1. The molecule has 3 rings (SSSR count). The van der Waals surface area contributed by atoms with Crippen LogP contribution >= 0.6 is 11.5 Å². The molecule has 1 aliphatic heterocycles. The Morgan fingerprint density at radius 2 is 2.04 bits per heavy atom. The van der Waals surface area contributed by atoms with Crippen LogP contribution in [-0.4, -0.2) is 64.7 Å². The molecule has 6 nitrogen and oxygen atoms in total. The van der Waals surface area contributed by atoms with Crippen molar-refractivity contribution in [3.63, 3.8) is 0 Å². The maximum atomic E-state index is 13.1. The fourth-order valence-corrected chi connectivity index (χ4v) is 3.35. The molecule has 0 spiro atoms. The first-order valence-electron chi connectivity index (χ1n) is 8.26. The lowest BCUT2D eigenvalue weighted by atomic mass is 10.2. The van der Waals surface area contributed by atoms with E-state index in [1.807, 2.05) is 0 Å². The first-order chi connectivity index (χ1) is 12.1. The third kappa shape index (κ3) is 4.81. The van der Waals surface area contributed by atoms with Gasteiger partial charge in [-0.05, 0) is 36.2 Å². The number of ether oxygens (including phenoxy) is 1. The second kappa shape index (κ2) is 8.46. The summed E-state index contributed by atoms with van der Waals surface area (Å²) >= 11 is 1.11. The second-order valence-corrected chi connectivity index (χ2v) is 6.75. The van der Waals surface area contributed by atoms with Crippen molar-refractivity contribution in [3.05, 3.63) is 46.2 Å². The quantitative estimate of drug-likeness (QED) is 0.784. The molecule has 1 saturated heterocycles. The monoisotopic (exact) mass is 364 g/mol. The van der Waals surface area contributed by atoms with Crippen LogP contribution in [0.1, 0.15) is 20.9 Å². The average Bonchev–Trinajstić information content (AvgIpc) is 3.06. The molecule has 0 unspecified atom stereocenters. The Morgan fingerprint density at radius 1 is 1.32 bits per heavy atom. The summed E-state index contributed by atoms with van der Waals surface area (Å²) < 4.78 is 22.4. The Kier molecular flexibility index (Phi) is 6.06. The van der Waals surface area contributed by atoms with Crippen LogP contribution in [0.5, 0.6) is 0 Å². The highest BCUT2D eigenvalue weighted by Gasteiger charge is 2.22. The first kappa shape index (κ1) is 17.9. The standard InChI is InChI=1S/C17H21FN4O2S/c1-13-16(25-20-19-13)17(23)22(7-6-21-8-10-24-11-9-21)12-14-2-4-15(18)5-3-14/h2-5H,6-12H2,1H3. The Labute approximate surface area is 150 Å². The van der Waals surface area contributed by atoms with Gasteiger partial charge in [0.05, 0.1) is 18.9 Å². The number of carbonyl (C=O) groups is 1. The molecule has 1 aromatic heterocycles. The first-order valence-corrected chi connectivity index (χ1v) is 9.03. The smallest absolute Gasteiger partial charge is 0.267 e. The van der Waals surface area contributed by atoms with Gasteiger partial charge in [-0.2, -0.15) is 0 Å². The second-order valence-electron chi connectivity index (χ2n) is 5.99. The minimum absolute atomic E-state index is 0.0786. The molecule has 8 heteroatoms. The molecule has 0 aliphatic carbocycles. The number of nitrogens with zero attached hydrogens (tertiary/aromatic N) is 4. The van der Waals surface area contributed by atoms with E-state index in [0.717, 1.165) is 49.9 Å². The third-order valence-corrected chi connectivity index (χ3v) is 5.03. The van der Waals surface area contributed by atoms with Gasteiger partial charge in [-0.1, -0.05) is 16.6 Å². The molecule has 0 bridgehead atoms. The molecule has 0 saturated carbocycles. The van der Waals surface area contributed by atoms with Crippen molar-refractivity contribution in [2.45, 2.75) is 13.5 Å². The summed E-state index contributed by atoms with van der Waals surface area (Å²) in [5.74, 6) is -0.359. The van der Waals surface area contributed by atoms with Crippen LogP contribution in [0.2, 0.25) is 0 Å². The van der Waals surface area contributed by atoms with Gasteiger partial charge < -0.3 is 9.64 Å². The largest absolute Gasteiger partial charge is 0.379 e. The summed E-state index contributed by atoms with van der Waals surface area (Å²) in [4.78, 5) is 17.5. The zero-order valence-corrected chi connectivity index (χ0v) is 15.0. The molecule has 134 valence electrons. The zero-order valence-electron chi connectivity index (χ0n) is 14.2. The molecule has 1 aromatic carbocycles. The van der Waals surface area contributed by atoms with Crippen LogP contribution in [0.3, 0.4) is 0 Å². The summed E-state index contributed by atoms with van der Waals surface area (Å²) in [5, 5.41) is 3.93. The van der Waals surface area contributed by atoms with E-state index in [1.165, 1.54) is 12.1 Å². The Hall–Kier alpha value is -1.90. The van der Waals surface area contributed by atoms with Crippen molar-refractivity contribution in [2.75, 3.05) is 39.4 Å². The lowest BCUT2D eigenvalue weighted by Gasteiger charge is -2.30. The van der Waals surface area contributed by atoms with E-state index in [1.54, 1.807) is 24.0 Å². The van der Waals surface area contributed by atoms with Gasteiger partial charge in [0, 0.05) is 32.7 Å². The van der Waals surface area contributed by atoms with E-state index in [9.17, 15) is 9.18 Å². The number of carbonyl (C=O) groups excluding carboxylic acids is 1. The van der Waals surface area contributed by atoms with Crippen LogP contribution in [0, 0.1) is 12.7 Å². The average molecular weight is 364 g/mol. The maximum Gasteiger partial charge on any atom is 0.267 e. The van der Waals surface area contributed by atoms with E-state index < -0.39 is 0 Å². The number of benzene rings is 1. The molecule has 1 amide bonds. The Balaban J connectivity index is 1.71. The number of amides is 1. The summed E-state index contributed by atoms with van der Waals surface area (Å²) in [6.45, 7) is 6.79. The lowest BCUT2D eigenvalue weighted by Crippen LogP contribution is -2.42. The molecule has 0 atom stereocenters. The van der Waals surface area contributed by atoms with Crippen molar-refractivity contribution in [2.24, 2.45) is 0 Å². The normalized spacial score (nSPS) is 15.3. The number of aryl methyl sites for hydroxylation is 1. The van der Waals surface area contributed by atoms with Crippen LogP contribution in [0.15, 0.2) is 24.3 Å². The van der Waals surface area contributed by atoms with Crippen molar-refractivity contribution in [3.8, 4) is 0 Å². The van der Waals surface area contributed by atoms with Crippen molar-refractivity contribution in [1.29, 1.82) is 0 Å². The number of morpholine rings is 1. The van der Waals surface area contributed by atoms with Gasteiger partial charge >= 0.3 is 0 Å². The molecule has 25 heavy (non-hydrogen) atoms. The zero-order chi connectivity index (χ0) is 17.6.